The Bertz CT molecular complexity index is 1190. The summed E-state index contributed by atoms with van der Waals surface area (Å²) >= 11 is 0. The molecule has 0 saturated carbocycles. The van der Waals surface area contributed by atoms with Crippen LogP contribution < -0.4 is 4.74 Å². The molecular formula is C25H25N3O5. The summed E-state index contributed by atoms with van der Waals surface area (Å²) in [5.74, 6) is -0.370. The second kappa shape index (κ2) is 9.28. The van der Waals surface area contributed by atoms with Gasteiger partial charge < -0.3 is 19.1 Å². The molecule has 8 heteroatoms. The topological polar surface area (TPSA) is 93.0 Å². The third-order valence-electron chi connectivity index (χ3n) is 5.75. The molecule has 0 N–H and O–H groups in total. The largest absolute Gasteiger partial charge is 0.496 e. The summed E-state index contributed by atoms with van der Waals surface area (Å²) in [6.45, 7) is 4.66. The highest BCUT2D eigenvalue weighted by atomic mass is 16.5. The van der Waals surface area contributed by atoms with Gasteiger partial charge in [0.05, 0.1) is 18.4 Å². The zero-order chi connectivity index (χ0) is 23.5. The second-order valence-corrected chi connectivity index (χ2v) is 8.04. The first kappa shape index (κ1) is 22.3. The van der Waals surface area contributed by atoms with Crippen LogP contribution in [-0.4, -0.2) is 65.3 Å². The lowest BCUT2D eigenvalue weighted by Gasteiger charge is -2.39. The maximum atomic E-state index is 13.0. The molecule has 8 nitrogen and oxygen atoms in total. The molecule has 2 amide bonds. The molecule has 2 aromatic carbocycles. The van der Waals surface area contributed by atoms with Crippen LogP contribution in [0.3, 0.4) is 0 Å². The van der Waals surface area contributed by atoms with Gasteiger partial charge in [-0.1, -0.05) is 23.4 Å². The van der Waals surface area contributed by atoms with E-state index in [0.29, 0.717) is 35.7 Å². The van der Waals surface area contributed by atoms with Crippen LogP contribution in [0.1, 0.15) is 33.3 Å². The Morgan fingerprint density at radius 2 is 1.79 bits per heavy atom. The molecule has 1 aliphatic heterocycles. The van der Waals surface area contributed by atoms with Gasteiger partial charge >= 0.3 is 0 Å². The molecule has 33 heavy (non-hydrogen) atoms. The van der Waals surface area contributed by atoms with Crippen molar-refractivity contribution < 1.29 is 23.6 Å². The number of hydrogen-bond donors (Lipinski definition) is 0. The smallest absolute Gasteiger partial charge is 0.295 e. The number of aromatic nitrogens is 1. The van der Waals surface area contributed by atoms with Gasteiger partial charge in [0.2, 0.25) is 0 Å². The number of amides is 2. The number of Topliss-reactive ketones (excluding diaryl/α,β-unsaturated/α-hetero) is 1. The highest BCUT2D eigenvalue weighted by Crippen LogP contribution is 2.31. The van der Waals surface area contributed by atoms with Gasteiger partial charge in [-0.25, -0.2) is 0 Å². The summed E-state index contributed by atoms with van der Waals surface area (Å²) in [5.41, 5.74) is 2.20. The van der Waals surface area contributed by atoms with Gasteiger partial charge in [-0.3, -0.25) is 14.4 Å². The fourth-order valence-electron chi connectivity index (χ4n) is 3.99. The number of benzene rings is 2. The molecule has 1 aromatic heterocycles. The van der Waals surface area contributed by atoms with Crippen LogP contribution >= 0.6 is 0 Å². The number of carbonyl (C=O) groups excluding carboxylic acids is 3. The fraction of sp³-hybridized carbons (Fsp3) is 0.280. The summed E-state index contributed by atoms with van der Waals surface area (Å²) in [5, 5.41) is 3.88. The van der Waals surface area contributed by atoms with E-state index in [9.17, 15) is 14.4 Å². The molecule has 0 radical (unpaired) electrons. The quantitative estimate of drug-likeness (QED) is 0.440. The third kappa shape index (κ3) is 4.50. The summed E-state index contributed by atoms with van der Waals surface area (Å²) in [6, 6.07) is 15.3. The molecule has 1 fully saturated rings. The molecule has 0 unspecified atom stereocenters. The van der Waals surface area contributed by atoms with Crippen molar-refractivity contribution in [2.24, 2.45) is 0 Å². The van der Waals surface area contributed by atoms with Crippen molar-refractivity contribution in [3.8, 4) is 17.1 Å². The van der Waals surface area contributed by atoms with Crippen molar-refractivity contribution in [2.75, 3.05) is 26.7 Å². The van der Waals surface area contributed by atoms with Crippen molar-refractivity contribution in [3.63, 3.8) is 0 Å². The SMILES string of the molecule is COc1cc(C(=O)C(=O)N2CCN(C(=O)c3ccccc3)C[C@H]2C)ccc1-c1cc(C)no1. The van der Waals surface area contributed by atoms with Gasteiger partial charge in [-0.2, -0.15) is 0 Å². The van der Waals surface area contributed by atoms with Crippen LogP contribution in [0.15, 0.2) is 59.1 Å². The minimum Gasteiger partial charge on any atom is -0.496 e. The van der Waals surface area contributed by atoms with Gasteiger partial charge in [-0.05, 0) is 44.2 Å². The van der Waals surface area contributed by atoms with E-state index >= 15 is 0 Å². The molecule has 0 spiro atoms. The maximum absolute atomic E-state index is 13.0. The number of ketones is 1. The summed E-state index contributed by atoms with van der Waals surface area (Å²) < 4.78 is 10.7. The van der Waals surface area contributed by atoms with E-state index in [-0.39, 0.29) is 24.1 Å². The average Bonchev–Trinajstić information content (AvgIpc) is 3.28. The lowest BCUT2D eigenvalue weighted by atomic mass is 10.0. The minimum absolute atomic E-state index is 0.0798. The van der Waals surface area contributed by atoms with Crippen molar-refractivity contribution >= 4 is 17.6 Å². The zero-order valence-corrected chi connectivity index (χ0v) is 18.8. The summed E-state index contributed by atoms with van der Waals surface area (Å²) in [6.07, 6.45) is 0. The number of methoxy groups -OCH3 is 1. The molecule has 4 rings (SSSR count). The first-order valence-corrected chi connectivity index (χ1v) is 10.7. The van der Waals surface area contributed by atoms with Crippen LogP contribution in [0, 0.1) is 6.92 Å². The van der Waals surface area contributed by atoms with Gasteiger partial charge in [0.1, 0.15) is 5.75 Å². The maximum Gasteiger partial charge on any atom is 0.295 e. The molecule has 0 bridgehead atoms. The summed E-state index contributed by atoms with van der Waals surface area (Å²) in [4.78, 5) is 42.0. The Morgan fingerprint density at radius 3 is 2.42 bits per heavy atom. The van der Waals surface area contributed by atoms with Crippen molar-refractivity contribution in [1.82, 2.24) is 15.0 Å². The predicted molar refractivity (Wildman–Crippen MR) is 121 cm³/mol. The van der Waals surface area contributed by atoms with E-state index in [1.54, 1.807) is 35.2 Å². The molecule has 0 aliphatic carbocycles. The monoisotopic (exact) mass is 447 g/mol. The number of ether oxygens (including phenoxy) is 1. The lowest BCUT2D eigenvalue weighted by molar-refractivity contribution is -0.130. The number of carbonyl (C=O) groups is 3. The van der Waals surface area contributed by atoms with Gasteiger partial charge in [0.15, 0.2) is 5.76 Å². The molecule has 2 heterocycles. The minimum atomic E-state index is -0.622. The number of nitrogens with zero attached hydrogens (tertiary/aromatic N) is 3. The highest BCUT2D eigenvalue weighted by molar-refractivity contribution is 6.42. The molecule has 1 atom stereocenters. The Labute approximate surface area is 191 Å². The fourth-order valence-corrected chi connectivity index (χ4v) is 3.99. The third-order valence-corrected chi connectivity index (χ3v) is 5.75. The first-order valence-electron chi connectivity index (χ1n) is 10.7. The first-order chi connectivity index (χ1) is 15.9. The molecule has 1 aliphatic rings. The molecule has 1 saturated heterocycles. The Morgan fingerprint density at radius 1 is 1.03 bits per heavy atom. The molecule has 3 aromatic rings. The van der Waals surface area contributed by atoms with Crippen LogP contribution in [0.25, 0.3) is 11.3 Å². The van der Waals surface area contributed by atoms with E-state index in [2.05, 4.69) is 5.16 Å². The predicted octanol–water partition coefficient (Wildman–Crippen LogP) is 3.21. The van der Waals surface area contributed by atoms with E-state index < -0.39 is 11.7 Å². The van der Waals surface area contributed by atoms with E-state index in [4.69, 9.17) is 9.26 Å². The van der Waals surface area contributed by atoms with Crippen molar-refractivity contribution in [1.29, 1.82) is 0 Å². The van der Waals surface area contributed by atoms with E-state index in [1.807, 2.05) is 32.0 Å². The van der Waals surface area contributed by atoms with Crippen LogP contribution in [0.5, 0.6) is 5.75 Å². The van der Waals surface area contributed by atoms with E-state index in [0.717, 1.165) is 5.69 Å². The van der Waals surface area contributed by atoms with Crippen molar-refractivity contribution in [2.45, 2.75) is 19.9 Å². The average molecular weight is 447 g/mol. The van der Waals surface area contributed by atoms with Crippen molar-refractivity contribution in [3.05, 3.63) is 71.4 Å². The normalized spacial score (nSPS) is 15.9. The number of rotatable bonds is 5. The molecular weight excluding hydrogens is 422 g/mol. The Kier molecular flexibility index (Phi) is 6.26. The number of aryl methyl sites for hydroxylation is 1. The van der Waals surface area contributed by atoms with Gasteiger partial charge in [0, 0.05) is 42.9 Å². The zero-order valence-electron chi connectivity index (χ0n) is 18.8. The van der Waals surface area contributed by atoms with Gasteiger partial charge in [-0.15, -0.1) is 0 Å². The van der Waals surface area contributed by atoms with Crippen LogP contribution in [0.4, 0.5) is 0 Å². The van der Waals surface area contributed by atoms with Crippen LogP contribution in [0.2, 0.25) is 0 Å². The van der Waals surface area contributed by atoms with E-state index in [1.165, 1.54) is 18.1 Å². The summed E-state index contributed by atoms with van der Waals surface area (Å²) in [7, 11) is 1.49. The number of hydrogen-bond acceptors (Lipinski definition) is 6. The van der Waals surface area contributed by atoms with Crippen LogP contribution in [-0.2, 0) is 4.79 Å². The lowest BCUT2D eigenvalue weighted by Crippen LogP contribution is -2.56. The second-order valence-electron chi connectivity index (χ2n) is 8.04. The number of piperazine rings is 1. The Balaban J connectivity index is 1.47. The molecule has 170 valence electrons. The Hall–Kier alpha value is -3.94. The standard InChI is InChI=1S/C25H25N3O5/c1-16-13-22(33-26-16)20-10-9-19(14-21(20)32-3)23(29)25(31)28-12-11-27(15-17(28)2)24(30)18-7-5-4-6-8-18/h4-10,13-14,17H,11-12,15H2,1-3H3/t17-/m1/s1. The van der Waals surface area contributed by atoms with Gasteiger partial charge in [0.25, 0.3) is 17.6 Å². The highest BCUT2D eigenvalue weighted by Gasteiger charge is 2.33.